The van der Waals surface area contributed by atoms with Crippen LogP contribution in [0.15, 0.2) is 54.6 Å². The lowest BCUT2D eigenvalue weighted by Crippen LogP contribution is -2.48. The number of allylic oxidation sites excluding steroid dienone is 1. The molecule has 2 N–H and O–H groups in total. The molecule has 0 radical (unpaired) electrons. The summed E-state index contributed by atoms with van der Waals surface area (Å²) in [5.41, 5.74) is 2.71. The number of hydrogen-bond donors (Lipinski definition) is 2. The van der Waals surface area contributed by atoms with Crippen LogP contribution in [0.25, 0.3) is 16.6 Å². The van der Waals surface area contributed by atoms with Crippen molar-refractivity contribution in [3.8, 4) is 5.75 Å². The lowest BCUT2D eigenvalue weighted by atomic mass is 9.61. The maximum atomic E-state index is 12.7. The lowest BCUT2D eigenvalue weighted by molar-refractivity contribution is -0.274. The predicted molar refractivity (Wildman–Crippen MR) is 133 cm³/mol. The van der Waals surface area contributed by atoms with Crippen molar-refractivity contribution in [3.63, 3.8) is 0 Å². The van der Waals surface area contributed by atoms with Gasteiger partial charge in [0.25, 0.3) is 0 Å². The summed E-state index contributed by atoms with van der Waals surface area (Å²) >= 11 is 0. The number of halogens is 3. The number of H-pyrrole nitrogens is 1. The highest BCUT2D eigenvalue weighted by molar-refractivity contribution is 5.81. The topological polar surface area (TPSA) is 61.4 Å². The molecule has 36 heavy (non-hydrogen) atoms. The molecule has 1 fully saturated rings. The minimum Gasteiger partial charge on any atom is -0.403 e. The molecule has 8 heteroatoms. The zero-order valence-corrected chi connectivity index (χ0v) is 20.4. The molecule has 0 unspecified atom stereocenters. The van der Waals surface area contributed by atoms with Crippen LogP contribution in [0.4, 0.5) is 13.2 Å². The summed E-state index contributed by atoms with van der Waals surface area (Å²) in [5, 5.41) is 11.5. The van der Waals surface area contributed by atoms with Gasteiger partial charge in [-0.3, -0.25) is 0 Å². The van der Waals surface area contributed by atoms with Crippen LogP contribution in [0.5, 0.6) is 5.75 Å². The van der Waals surface area contributed by atoms with E-state index < -0.39 is 12.0 Å². The van der Waals surface area contributed by atoms with E-state index in [4.69, 9.17) is 0 Å². The zero-order valence-electron chi connectivity index (χ0n) is 20.4. The number of aliphatic hydroxyl groups is 1. The first-order valence-electron chi connectivity index (χ1n) is 12.6. The highest BCUT2D eigenvalue weighted by Crippen LogP contribution is 2.51. The van der Waals surface area contributed by atoms with Gasteiger partial charge in [0.15, 0.2) is 5.75 Å². The molecule has 3 aliphatic rings. The van der Waals surface area contributed by atoms with Crippen LogP contribution in [0.3, 0.4) is 0 Å². The van der Waals surface area contributed by atoms with Gasteiger partial charge in [-0.2, -0.15) is 0 Å². The summed E-state index contributed by atoms with van der Waals surface area (Å²) < 4.78 is 42.1. The van der Waals surface area contributed by atoms with E-state index in [1.165, 1.54) is 23.3 Å². The fraction of sp³-hybridized carbons (Fsp3) is 0.464. The molecule has 1 aromatic heterocycles. The Balaban J connectivity index is 1.13. The summed E-state index contributed by atoms with van der Waals surface area (Å²) in [4.78, 5) is 9.65. The molecule has 3 aromatic rings. The molecule has 0 spiro atoms. The number of alkyl halides is 3. The second-order valence-electron chi connectivity index (χ2n) is 10.2. The number of aromatic amines is 1. The first kappa shape index (κ1) is 24.8. The number of imidazole rings is 1. The van der Waals surface area contributed by atoms with Gasteiger partial charge in [0, 0.05) is 18.9 Å². The summed E-state index contributed by atoms with van der Waals surface area (Å²) in [7, 11) is 2.05. The fourth-order valence-electron chi connectivity index (χ4n) is 5.83. The van der Waals surface area contributed by atoms with E-state index in [0.717, 1.165) is 45.2 Å². The van der Waals surface area contributed by atoms with Crippen LogP contribution in [0, 0.1) is 11.8 Å². The van der Waals surface area contributed by atoms with Crippen molar-refractivity contribution >= 4 is 16.6 Å². The van der Waals surface area contributed by atoms with Gasteiger partial charge in [-0.15, -0.1) is 13.2 Å². The van der Waals surface area contributed by atoms with Crippen molar-refractivity contribution in [2.75, 3.05) is 20.1 Å². The van der Waals surface area contributed by atoms with Gasteiger partial charge in [0.1, 0.15) is 11.3 Å². The molecule has 192 valence electrons. The molecule has 1 heterocycles. The highest BCUT2D eigenvalue weighted by Gasteiger charge is 2.46. The van der Waals surface area contributed by atoms with Gasteiger partial charge in [0.05, 0.1) is 11.1 Å². The van der Waals surface area contributed by atoms with E-state index in [0.29, 0.717) is 23.7 Å². The zero-order chi connectivity index (χ0) is 25.3. The third-order valence-corrected chi connectivity index (χ3v) is 7.67. The standard InChI is InChI=1S/C28H32F3N3O2/c1-34(15-6-11-25-32-23-9-5-10-24(26(23)33-25)36-28(29,30)31)16-14-27(35)18-20-12-13-21(27)17-22(20)19-7-3-2-4-8-19/h2-5,7-10,17,20-21,35H,6,11-16,18H2,1H3,(H,32,33)/t20-,21-,27+/m1/s1. The Morgan fingerprint density at radius 2 is 1.92 bits per heavy atom. The van der Waals surface area contributed by atoms with Gasteiger partial charge >= 0.3 is 6.36 Å². The monoisotopic (exact) mass is 499 g/mol. The van der Waals surface area contributed by atoms with Crippen molar-refractivity contribution in [1.82, 2.24) is 14.9 Å². The quantitative estimate of drug-likeness (QED) is 0.381. The summed E-state index contributed by atoms with van der Waals surface area (Å²) in [6.07, 6.45) is 2.68. The number of hydrogen-bond acceptors (Lipinski definition) is 4. The number of nitrogens with one attached hydrogen (secondary N) is 1. The smallest absolute Gasteiger partial charge is 0.403 e. The van der Waals surface area contributed by atoms with Crippen molar-refractivity contribution in [2.24, 2.45) is 11.8 Å². The van der Waals surface area contributed by atoms with E-state index in [1.807, 2.05) is 13.1 Å². The minimum absolute atomic E-state index is 0.190. The Labute approximate surface area is 209 Å². The van der Waals surface area contributed by atoms with Crippen LogP contribution in [-0.2, 0) is 6.42 Å². The highest BCUT2D eigenvalue weighted by atomic mass is 19.4. The van der Waals surface area contributed by atoms with Gasteiger partial charge in [0.2, 0.25) is 0 Å². The number of nitrogens with zero attached hydrogens (tertiary/aromatic N) is 2. The number of para-hydroxylation sites is 1. The van der Waals surface area contributed by atoms with Crippen molar-refractivity contribution in [1.29, 1.82) is 0 Å². The molecule has 3 aliphatic carbocycles. The fourth-order valence-corrected chi connectivity index (χ4v) is 5.83. The Morgan fingerprint density at radius 3 is 2.64 bits per heavy atom. The van der Waals surface area contributed by atoms with Crippen LogP contribution < -0.4 is 4.74 Å². The third-order valence-electron chi connectivity index (χ3n) is 7.67. The largest absolute Gasteiger partial charge is 0.573 e. The van der Waals surface area contributed by atoms with Crippen LogP contribution in [0.1, 0.15) is 43.5 Å². The van der Waals surface area contributed by atoms with Crippen LogP contribution in [0.2, 0.25) is 0 Å². The van der Waals surface area contributed by atoms with Gasteiger partial charge in [-0.1, -0.05) is 42.5 Å². The number of aromatic nitrogens is 2. The first-order valence-corrected chi connectivity index (χ1v) is 12.6. The average molecular weight is 500 g/mol. The average Bonchev–Trinajstić information content (AvgIpc) is 3.27. The van der Waals surface area contributed by atoms with Crippen molar-refractivity contribution in [3.05, 3.63) is 66.0 Å². The molecular formula is C28H32F3N3O2. The van der Waals surface area contributed by atoms with Crippen molar-refractivity contribution in [2.45, 2.75) is 50.5 Å². The molecule has 5 nitrogen and oxygen atoms in total. The Morgan fingerprint density at radius 1 is 1.11 bits per heavy atom. The molecule has 1 saturated carbocycles. The van der Waals surface area contributed by atoms with Gasteiger partial charge in [-0.05, 0) is 74.9 Å². The van der Waals surface area contributed by atoms with Crippen molar-refractivity contribution < 1.29 is 23.0 Å². The summed E-state index contributed by atoms with van der Waals surface area (Å²) in [6, 6.07) is 15.0. The number of ether oxygens (including phenoxy) is 1. The molecular weight excluding hydrogens is 467 g/mol. The predicted octanol–water partition coefficient (Wildman–Crippen LogP) is 5.96. The van der Waals surface area contributed by atoms with E-state index in [2.05, 4.69) is 49.9 Å². The maximum Gasteiger partial charge on any atom is 0.573 e. The van der Waals surface area contributed by atoms with Crippen LogP contribution in [-0.4, -0.2) is 52.1 Å². The molecule has 6 rings (SSSR count). The summed E-state index contributed by atoms with van der Waals surface area (Å²) in [6.45, 7) is 1.59. The molecule has 0 saturated heterocycles. The second-order valence-corrected chi connectivity index (χ2v) is 10.2. The minimum atomic E-state index is -4.75. The second kappa shape index (κ2) is 9.90. The Hall–Kier alpha value is -2.84. The molecule has 0 amide bonds. The number of fused-ring (bicyclic) bond motifs is 3. The Kier molecular flexibility index (Phi) is 6.83. The van der Waals surface area contributed by atoms with Gasteiger partial charge < -0.3 is 19.7 Å². The third kappa shape index (κ3) is 5.44. The lowest BCUT2D eigenvalue weighted by Gasteiger charge is -2.48. The van der Waals surface area contributed by atoms with Gasteiger partial charge in [-0.25, -0.2) is 4.98 Å². The molecule has 2 bridgehead atoms. The Bertz CT molecular complexity index is 1220. The van der Waals surface area contributed by atoms with E-state index in [1.54, 1.807) is 6.07 Å². The van der Waals surface area contributed by atoms with E-state index in [-0.39, 0.29) is 17.2 Å². The number of benzene rings is 2. The molecule has 3 atom stereocenters. The van der Waals surface area contributed by atoms with Crippen LogP contribution >= 0.6 is 0 Å². The maximum absolute atomic E-state index is 12.7. The van der Waals surface area contributed by atoms with E-state index >= 15 is 0 Å². The van der Waals surface area contributed by atoms with E-state index in [9.17, 15) is 18.3 Å². The molecule has 0 aliphatic heterocycles. The SMILES string of the molecule is CN(CCCc1nc2c(OC(F)(F)F)cccc2[nH]1)CC[C@]1(O)C[C@H]2CC[C@@H]1C=C2c1ccccc1. The number of rotatable bonds is 9. The first-order chi connectivity index (χ1) is 17.2. The number of aryl methyl sites for hydroxylation is 1. The summed E-state index contributed by atoms with van der Waals surface area (Å²) in [5.74, 6) is 0.944. The molecule has 2 aromatic carbocycles. The normalized spacial score (nSPS) is 23.9.